The van der Waals surface area contributed by atoms with Gasteiger partial charge in [0.15, 0.2) is 11.5 Å². The summed E-state index contributed by atoms with van der Waals surface area (Å²) in [5.41, 5.74) is 3.13. The molecule has 0 saturated heterocycles. The maximum atomic E-state index is 9.22. The van der Waals surface area contributed by atoms with Crippen molar-refractivity contribution in [2.75, 3.05) is 20.3 Å². The molecule has 6 nitrogen and oxygen atoms in total. The quantitative estimate of drug-likeness (QED) is 0.670. The molecule has 0 radical (unpaired) electrons. The lowest BCUT2D eigenvalue weighted by atomic mass is 9.96. The Bertz CT molecular complexity index is 1090. The van der Waals surface area contributed by atoms with E-state index in [1.54, 1.807) is 7.11 Å². The zero-order chi connectivity index (χ0) is 20.5. The van der Waals surface area contributed by atoms with Crippen molar-refractivity contribution >= 4 is 10.9 Å². The molecule has 1 fully saturated rings. The summed E-state index contributed by atoms with van der Waals surface area (Å²) in [6, 6.07) is 14.2. The van der Waals surface area contributed by atoms with Crippen LogP contribution in [0, 0.1) is 11.3 Å². The normalized spacial score (nSPS) is 22.7. The van der Waals surface area contributed by atoms with Crippen molar-refractivity contribution in [1.82, 2.24) is 10.3 Å². The number of para-hydroxylation sites is 1. The Kier molecular flexibility index (Phi) is 4.97. The fourth-order valence-corrected chi connectivity index (χ4v) is 4.67. The number of rotatable bonds is 5. The van der Waals surface area contributed by atoms with E-state index < -0.39 is 0 Å². The molecular formula is C24H25N3O3. The molecule has 1 saturated carbocycles. The molecule has 3 atom stereocenters. The van der Waals surface area contributed by atoms with Crippen LogP contribution in [0.3, 0.4) is 0 Å². The summed E-state index contributed by atoms with van der Waals surface area (Å²) in [6.07, 6.45) is 5.42. The number of methoxy groups -OCH3 is 1. The maximum absolute atomic E-state index is 9.22. The van der Waals surface area contributed by atoms with Crippen LogP contribution in [0.15, 0.2) is 42.6 Å². The molecule has 1 aromatic heterocycles. The van der Waals surface area contributed by atoms with Gasteiger partial charge in [-0.05, 0) is 61.1 Å². The summed E-state index contributed by atoms with van der Waals surface area (Å²) in [6.45, 7) is 1.27. The molecule has 1 aliphatic carbocycles. The first-order valence-electron chi connectivity index (χ1n) is 10.5. The van der Waals surface area contributed by atoms with E-state index >= 15 is 0 Å². The van der Waals surface area contributed by atoms with Crippen molar-refractivity contribution in [2.24, 2.45) is 0 Å². The molecule has 30 heavy (non-hydrogen) atoms. The number of ether oxygens (including phenoxy) is 3. The largest absolute Gasteiger partial charge is 0.493 e. The Morgan fingerprint density at radius 1 is 1.27 bits per heavy atom. The van der Waals surface area contributed by atoms with Crippen molar-refractivity contribution in [3.63, 3.8) is 0 Å². The summed E-state index contributed by atoms with van der Waals surface area (Å²) in [5.74, 6) is 2.63. The zero-order valence-corrected chi connectivity index (χ0v) is 17.0. The maximum Gasteiger partial charge on any atom is 0.204 e. The molecule has 2 aromatic carbocycles. The number of hydrogen-bond acceptors (Lipinski definition) is 5. The van der Waals surface area contributed by atoms with E-state index in [2.05, 4.69) is 22.6 Å². The van der Waals surface area contributed by atoms with Gasteiger partial charge >= 0.3 is 0 Å². The average molecular weight is 403 g/mol. The first-order chi connectivity index (χ1) is 14.7. The highest BCUT2D eigenvalue weighted by Gasteiger charge is 2.29. The molecule has 2 heterocycles. The molecule has 0 spiro atoms. The predicted octanol–water partition coefficient (Wildman–Crippen LogP) is 4.11. The second-order valence-corrected chi connectivity index (χ2v) is 8.07. The molecule has 2 N–H and O–H groups in total. The number of H-pyrrole nitrogens is 1. The van der Waals surface area contributed by atoms with Crippen LogP contribution in [-0.2, 0) is 0 Å². The van der Waals surface area contributed by atoms with Gasteiger partial charge in [0, 0.05) is 29.7 Å². The van der Waals surface area contributed by atoms with Crippen LogP contribution in [-0.4, -0.2) is 37.4 Å². The van der Waals surface area contributed by atoms with Crippen molar-refractivity contribution in [3.05, 3.63) is 53.7 Å². The third-order valence-electron chi connectivity index (χ3n) is 6.22. The molecule has 1 aliphatic heterocycles. The SMILES string of the molecule is COc1cccc2c1O[C@@H](CN[C@H]1CC[C@@H](c3c[nH]c4ccc(C#N)cc34)C1)CO2. The molecule has 0 unspecified atom stereocenters. The molecule has 6 heteroatoms. The number of benzene rings is 2. The Morgan fingerprint density at radius 3 is 3.07 bits per heavy atom. The fourth-order valence-electron chi connectivity index (χ4n) is 4.67. The minimum Gasteiger partial charge on any atom is -0.493 e. The van der Waals surface area contributed by atoms with Gasteiger partial charge in [-0.25, -0.2) is 0 Å². The third-order valence-corrected chi connectivity index (χ3v) is 6.22. The van der Waals surface area contributed by atoms with E-state index in [0.29, 0.717) is 35.6 Å². The van der Waals surface area contributed by atoms with E-state index in [0.717, 1.165) is 37.1 Å². The average Bonchev–Trinajstić information content (AvgIpc) is 3.43. The van der Waals surface area contributed by atoms with Crippen LogP contribution in [0.1, 0.15) is 36.3 Å². The van der Waals surface area contributed by atoms with E-state index in [1.807, 2.05) is 36.4 Å². The highest BCUT2D eigenvalue weighted by atomic mass is 16.6. The van der Waals surface area contributed by atoms with E-state index in [9.17, 15) is 5.26 Å². The molecule has 2 aliphatic rings. The van der Waals surface area contributed by atoms with Crippen molar-refractivity contribution in [1.29, 1.82) is 5.26 Å². The Morgan fingerprint density at radius 2 is 2.20 bits per heavy atom. The number of aromatic nitrogens is 1. The van der Waals surface area contributed by atoms with Gasteiger partial charge in [-0.3, -0.25) is 0 Å². The molecule has 5 rings (SSSR count). The van der Waals surface area contributed by atoms with Gasteiger partial charge in [0.05, 0.1) is 18.7 Å². The van der Waals surface area contributed by atoms with Crippen LogP contribution >= 0.6 is 0 Å². The number of nitriles is 1. The van der Waals surface area contributed by atoms with Crippen LogP contribution < -0.4 is 19.5 Å². The van der Waals surface area contributed by atoms with E-state index in [1.165, 1.54) is 10.9 Å². The van der Waals surface area contributed by atoms with E-state index in [4.69, 9.17) is 14.2 Å². The summed E-state index contributed by atoms with van der Waals surface area (Å²) < 4.78 is 17.4. The summed E-state index contributed by atoms with van der Waals surface area (Å²) in [5, 5.41) is 14.1. The number of hydrogen-bond donors (Lipinski definition) is 2. The molecular weight excluding hydrogens is 378 g/mol. The molecule has 0 bridgehead atoms. The smallest absolute Gasteiger partial charge is 0.204 e. The minimum absolute atomic E-state index is 0.0425. The minimum atomic E-state index is -0.0425. The lowest BCUT2D eigenvalue weighted by molar-refractivity contribution is 0.0844. The topological polar surface area (TPSA) is 79.3 Å². The zero-order valence-electron chi connectivity index (χ0n) is 17.0. The lowest BCUT2D eigenvalue weighted by Crippen LogP contribution is -2.41. The first-order valence-corrected chi connectivity index (χ1v) is 10.5. The highest BCUT2D eigenvalue weighted by molar-refractivity contribution is 5.85. The van der Waals surface area contributed by atoms with Crippen molar-refractivity contribution in [3.8, 4) is 23.3 Å². The molecule has 3 aromatic rings. The summed E-state index contributed by atoms with van der Waals surface area (Å²) >= 11 is 0. The van der Waals surface area contributed by atoms with Crippen LogP contribution in [0.4, 0.5) is 0 Å². The van der Waals surface area contributed by atoms with Gasteiger partial charge in [0.25, 0.3) is 0 Å². The number of aromatic amines is 1. The van der Waals surface area contributed by atoms with Gasteiger partial charge in [0.1, 0.15) is 12.7 Å². The van der Waals surface area contributed by atoms with Gasteiger partial charge < -0.3 is 24.5 Å². The van der Waals surface area contributed by atoms with Crippen LogP contribution in [0.25, 0.3) is 10.9 Å². The number of nitrogens with one attached hydrogen (secondary N) is 2. The van der Waals surface area contributed by atoms with Crippen LogP contribution in [0.5, 0.6) is 17.2 Å². The van der Waals surface area contributed by atoms with E-state index in [-0.39, 0.29) is 6.10 Å². The second-order valence-electron chi connectivity index (χ2n) is 8.07. The fraction of sp³-hybridized carbons (Fsp3) is 0.375. The lowest BCUT2D eigenvalue weighted by Gasteiger charge is -2.28. The van der Waals surface area contributed by atoms with Crippen LogP contribution in [0.2, 0.25) is 0 Å². The highest BCUT2D eigenvalue weighted by Crippen LogP contribution is 2.41. The summed E-state index contributed by atoms with van der Waals surface area (Å²) in [4.78, 5) is 3.36. The van der Waals surface area contributed by atoms with Gasteiger partial charge in [0.2, 0.25) is 5.75 Å². The van der Waals surface area contributed by atoms with Gasteiger partial charge in [-0.15, -0.1) is 0 Å². The number of nitrogens with zero attached hydrogens (tertiary/aromatic N) is 1. The number of fused-ring (bicyclic) bond motifs is 2. The first kappa shape index (κ1) is 18.8. The van der Waals surface area contributed by atoms with Gasteiger partial charge in [-0.2, -0.15) is 5.26 Å². The Hall–Kier alpha value is -3.17. The standard InChI is InChI=1S/C24H25N3O3/c1-28-22-3-2-4-23-24(22)30-18(14-29-23)12-26-17-7-6-16(10-17)20-13-27-21-8-5-15(11-25)9-19(20)21/h2-5,8-9,13,16-18,26-27H,6-7,10,12,14H2,1H3/t16-,17+,18+/m1/s1. The molecule has 154 valence electrons. The second kappa shape index (κ2) is 7.92. The molecule has 0 amide bonds. The van der Waals surface area contributed by atoms with Crippen molar-refractivity contribution < 1.29 is 14.2 Å². The summed E-state index contributed by atoms with van der Waals surface area (Å²) in [7, 11) is 1.64. The Balaban J connectivity index is 1.21. The predicted molar refractivity (Wildman–Crippen MR) is 114 cm³/mol. The van der Waals surface area contributed by atoms with Crippen molar-refractivity contribution in [2.45, 2.75) is 37.3 Å². The third kappa shape index (κ3) is 3.46. The Labute approximate surface area is 175 Å². The van der Waals surface area contributed by atoms with Gasteiger partial charge in [-0.1, -0.05) is 6.07 Å². The monoisotopic (exact) mass is 403 g/mol.